The number of aryl methyl sites for hydroxylation is 3. The van der Waals surface area contributed by atoms with E-state index in [0.717, 1.165) is 67.1 Å². The van der Waals surface area contributed by atoms with E-state index >= 15 is 0 Å². The molecule has 5 heteroatoms. The topological polar surface area (TPSA) is 62.7 Å². The lowest BCUT2D eigenvalue weighted by atomic mass is 10.1. The van der Waals surface area contributed by atoms with Gasteiger partial charge in [-0.2, -0.15) is 0 Å². The van der Waals surface area contributed by atoms with Crippen LogP contribution in [0.5, 0.6) is 0 Å². The van der Waals surface area contributed by atoms with Crippen LogP contribution in [0.15, 0.2) is 97.1 Å². The molecule has 0 unspecified atom stereocenters. The fraction of sp³-hybridized carbons (Fsp3) is 0.0938. The summed E-state index contributed by atoms with van der Waals surface area (Å²) in [5, 5.41) is 9.15. The molecule has 37 heavy (non-hydrogen) atoms. The standard InChI is InChI=1S/C32H27N5/c1-20-11-4-7-16-26(20)33-30-24-15-6-9-18-28(24)35-32(37-30)25-19-23-14-10-13-22(3)29(23)36-31(25)34-27-17-8-5-12-21(27)2/h4-19H,1-3H3,(H,34,36)(H,33,35,37). The van der Waals surface area contributed by atoms with Crippen molar-refractivity contribution in [3.8, 4) is 11.4 Å². The first-order valence-corrected chi connectivity index (χ1v) is 12.4. The molecule has 2 aromatic heterocycles. The first-order valence-electron chi connectivity index (χ1n) is 12.4. The molecule has 180 valence electrons. The summed E-state index contributed by atoms with van der Waals surface area (Å²) in [7, 11) is 0. The van der Waals surface area contributed by atoms with Gasteiger partial charge in [-0.3, -0.25) is 0 Å². The molecule has 0 aliphatic carbocycles. The molecule has 0 bridgehead atoms. The van der Waals surface area contributed by atoms with Crippen molar-refractivity contribution in [1.82, 2.24) is 15.0 Å². The van der Waals surface area contributed by atoms with Crippen LogP contribution in [0, 0.1) is 20.8 Å². The van der Waals surface area contributed by atoms with Gasteiger partial charge in [0.1, 0.15) is 11.6 Å². The normalized spacial score (nSPS) is 11.1. The van der Waals surface area contributed by atoms with E-state index in [1.807, 2.05) is 48.5 Å². The Balaban J connectivity index is 1.58. The summed E-state index contributed by atoms with van der Waals surface area (Å²) in [5.74, 6) is 2.11. The van der Waals surface area contributed by atoms with Crippen LogP contribution in [0.2, 0.25) is 0 Å². The molecule has 4 aromatic carbocycles. The Bertz CT molecular complexity index is 1770. The predicted molar refractivity (Wildman–Crippen MR) is 154 cm³/mol. The molecule has 5 nitrogen and oxygen atoms in total. The van der Waals surface area contributed by atoms with E-state index in [4.69, 9.17) is 15.0 Å². The van der Waals surface area contributed by atoms with Crippen molar-refractivity contribution >= 4 is 44.8 Å². The number of rotatable bonds is 5. The molecule has 2 N–H and O–H groups in total. The van der Waals surface area contributed by atoms with Crippen LogP contribution in [-0.2, 0) is 0 Å². The number of anilines is 4. The molecule has 0 amide bonds. The van der Waals surface area contributed by atoms with Crippen molar-refractivity contribution in [3.63, 3.8) is 0 Å². The van der Waals surface area contributed by atoms with Gasteiger partial charge < -0.3 is 10.6 Å². The first kappa shape index (κ1) is 22.7. The van der Waals surface area contributed by atoms with E-state index in [9.17, 15) is 0 Å². The highest BCUT2D eigenvalue weighted by molar-refractivity contribution is 5.95. The van der Waals surface area contributed by atoms with Crippen LogP contribution in [0.4, 0.5) is 23.0 Å². The SMILES string of the molecule is Cc1ccccc1Nc1nc2c(C)cccc2cc1-c1nc(Nc2ccccc2C)c2ccccc2n1. The Hall–Kier alpha value is -4.77. The molecule has 0 radical (unpaired) electrons. The van der Waals surface area contributed by atoms with E-state index in [-0.39, 0.29) is 0 Å². The number of hydrogen-bond acceptors (Lipinski definition) is 5. The monoisotopic (exact) mass is 481 g/mol. The smallest absolute Gasteiger partial charge is 0.165 e. The van der Waals surface area contributed by atoms with Gasteiger partial charge in [0.15, 0.2) is 5.82 Å². The quantitative estimate of drug-likeness (QED) is 0.259. The molecule has 0 aliphatic rings. The van der Waals surface area contributed by atoms with Crippen molar-refractivity contribution in [3.05, 3.63) is 114 Å². The second-order valence-corrected chi connectivity index (χ2v) is 9.32. The lowest BCUT2D eigenvalue weighted by Crippen LogP contribution is -2.04. The lowest BCUT2D eigenvalue weighted by Gasteiger charge is -2.16. The van der Waals surface area contributed by atoms with E-state index in [1.54, 1.807) is 0 Å². The Morgan fingerprint density at radius 2 is 1.16 bits per heavy atom. The maximum atomic E-state index is 5.08. The van der Waals surface area contributed by atoms with Crippen molar-refractivity contribution in [2.75, 3.05) is 10.6 Å². The first-order chi connectivity index (χ1) is 18.1. The van der Waals surface area contributed by atoms with Crippen molar-refractivity contribution in [2.24, 2.45) is 0 Å². The molecular weight excluding hydrogens is 454 g/mol. The van der Waals surface area contributed by atoms with Crippen LogP contribution in [0.1, 0.15) is 16.7 Å². The van der Waals surface area contributed by atoms with Crippen LogP contribution in [0.25, 0.3) is 33.2 Å². The zero-order valence-corrected chi connectivity index (χ0v) is 21.1. The van der Waals surface area contributed by atoms with Gasteiger partial charge in [0, 0.05) is 22.1 Å². The number of hydrogen-bond donors (Lipinski definition) is 2. The average molecular weight is 482 g/mol. The van der Waals surface area contributed by atoms with Gasteiger partial charge in [-0.15, -0.1) is 0 Å². The minimum absolute atomic E-state index is 0.613. The Morgan fingerprint density at radius 1 is 0.541 bits per heavy atom. The summed E-state index contributed by atoms with van der Waals surface area (Å²) >= 11 is 0. The third-order valence-electron chi connectivity index (χ3n) is 6.69. The summed E-state index contributed by atoms with van der Waals surface area (Å²) in [6, 6.07) is 32.9. The third-order valence-corrected chi connectivity index (χ3v) is 6.69. The van der Waals surface area contributed by atoms with Crippen LogP contribution < -0.4 is 10.6 Å². The summed E-state index contributed by atoms with van der Waals surface area (Å²) in [6.07, 6.45) is 0. The van der Waals surface area contributed by atoms with Gasteiger partial charge in [-0.25, -0.2) is 15.0 Å². The predicted octanol–water partition coefficient (Wildman–Crippen LogP) is 8.26. The fourth-order valence-corrected chi connectivity index (χ4v) is 4.59. The van der Waals surface area contributed by atoms with Gasteiger partial charge >= 0.3 is 0 Å². The highest BCUT2D eigenvalue weighted by atomic mass is 15.1. The number of para-hydroxylation sites is 4. The molecule has 0 aliphatic heterocycles. The average Bonchev–Trinajstić information content (AvgIpc) is 2.91. The van der Waals surface area contributed by atoms with Gasteiger partial charge in [-0.1, -0.05) is 66.7 Å². The number of pyridine rings is 1. The molecule has 6 aromatic rings. The van der Waals surface area contributed by atoms with E-state index < -0.39 is 0 Å². The maximum absolute atomic E-state index is 5.08. The molecule has 6 rings (SSSR count). The van der Waals surface area contributed by atoms with E-state index in [1.165, 1.54) is 0 Å². The zero-order chi connectivity index (χ0) is 25.4. The number of fused-ring (bicyclic) bond motifs is 2. The Morgan fingerprint density at radius 3 is 1.89 bits per heavy atom. The second kappa shape index (κ2) is 9.36. The lowest BCUT2D eigenvalue weighted by molar-refractivity contribution is 1.21. The minimum atomic E-state index is 0.613. The number of nitrogens with zero attached hydrogens (tertiary/aromatic N) is 3. The Labute approximate surface area is 216 Å². The molecule has 2 heterocycles. The van der Waals surface area contributed by atoms with Crippen molar-refractivity contribution in [1.29, 1.82) is 0 Å². The van der Waals surface area contributed by atoms with Crippen LogP contribution >= 0.6 is 0 Å². The van der Waals surface area contributed by atoms with Gasteiger partial charge in [0.2, 0.25) is 0 Å². The van der Waals surface area contributed by atoms with Gasteiger partial charge in [0.25, 0.3) is 0 Å². The van der Waals surface area contributed by atoms with Gasteiger partial charge in [0.05, 0.1) is 16.6 Å². The van der Waals surface area contributed by atoms with Crippen LogP contribution in [-0.4, -0.2) is 15.0 Å². The maximum Gasteiger partial charge on any atom is 0.165 e. The minimum Gasteiger partial charge on any atom is -0.339 e. The summed E-state index contributed by atoms with van der Waals surface area (Å²) in [4.78, 5) is 15.1. The van der Waals surface area contributed by atoms with Gasteiger partial charge in [-0.05, 0) is 67.8 Å². The number of aromatic nitrogens is 3. The zero-order valence-electron chi connectivity index (χ0n) is 21.1. The number of nitrogens with one attached hydrogen (secondary N) is 2. The molecule has 0 spiro atoms. The number of benzene rings is 4. The highest BCUT2D eigenvalue weighted by Crippen LogP contribution is 2.35. The van der Waals surface area contributed by atoms with Crippen molar-refractivity contribution < 1.29 is 0 Å². The highest BCUT2D eigenvalue weighted by Gasteiger charge is 2.17. The molecular formula is C32H27N5. The van der Waals surface area contributed by atoms with E-state index in [2.05, 4.69) is 79.9 Å². The molecule has 0 saturated heterocycles. The van der Waals surface area contributed by atoms with Crippen molar-refractivity contribution in [2.45, 2.75) is 20.8 Å². The Kier molecular flexibility index (Phi) is 5.73. The van der Waals surface area contributed by atoms with E-state index in [0.29, 0.717) is 5.82 Å². The fourth-order valence-electron chi connectivity index (χ4n) is 4.59. The van der Waals surface area contributed by atoms with Crippen LogP contribution in [0.3, 0.4) is 0 Å². The largest absolute Gasteiger partial charge is 0.339 e. The summed E-state index contributed by atoms with van der Waals surface area (Å²) in [5.41, 5.74) is 8.11. The summed E-state index contributed by atoms with van der Waals surface area (Å²) in [6.45, 7) is 6.26. The second-order valence-electron chi connectivity index (χ2n) is 9.32. The third kappa shape index (κ3) is 4.36. The molecule has 0 saturated carbocycles. The molecule has 0 fully saturated rings. The summed E-state index contributed by atoms with van der Waals surface area (Å²) < 4.78 is 0. The molecule has 0 atom stereocenters.